The Morgan fingerprint density at radius 3 is 2.62 bits per heavy atom. The molecule has 1 fully saturated rings. The van der Waals surface area contributed by atoms with Gasteiger partial charge in [-0.15, -0.1) is 0 Å². The predicted octanol–water partition coefficient (Wildman–Crippen LogP) is 3.53. The van der Waals surface area contributed by atoms with Crippen LogP contribution in [0.4, 0.5) is 16.4 Å². The van der Waals surface area contributed by atoms with Gasteiger partial charge in [0, 0.05) is 44.3 Å². The van der Waals surface area contributed by atoms with Gasteiger partial charge in [0.15, 0.2) is 0 Å². The van der Waals surface area contributed by atoms with Crippen LogP contribution in [0.1, 0.15) is 29.5 Å². The minimum atomic E-state index is -0.0452. The van der Waals surface area contributed by atoms with Crippen molar-refractivity contribution in [1.82, 2.24) is 14.9 Å². The first-order valence-corrected chi connectivity index (χ1v) is 9.08. The molecule has 138 valence electrons. The molecule has 2 amide bonds. The molecule has 1 saturated heterocycles. The molecule has 1 unspecified atom stereocenters. The van der Waals surface area contributed by atoms with Crippen LogP contribution in [0.2, 0.25) is 0 Å². The number of hydrogen-bond acceptors (Lipinski definition) is 4. The number of anilines is 2. The Morgan fingerprint density at radius 1 is 1.19 bits per heavy atom. The van der Waals surface area contributed by atoms with Crippen LogP contribution in [0, 0.1) is 20.8 Å². The summed E-state index contributed by atoms with van der Waals surface area (Å²) in [6.07, 6.45) is 5.65. The lowest BCUT2D eigenvalue weighted by atomic mass is 10.1. The van der Waals surface area contributed by atoms with E-state index in [4.69, 9.17) is 0 Å². The molecule has 2 aromatic rings. The molecule has 0 radical (unpaired) electrons. The maximum atomic E-state index is 12.7. The van der Waals surface area contributed by atoms with Crippen molar-refractivity contribution in [1.29, 1.82) is 0 Å². The van der Waals surface area contributed by atoms with Gasteiger partial charge in [0.25, 0.3) is 0 Å². The Kier molecular flexibility index (Phi) is 5.40. The molecule has 2 heterocycles. The Bertz CT molecular complexity index is 774. The fraction of sp³-hybridized carbons (Fsp3) is 0.450. The van der Waals surface area contributed by atoms with Gasteiger partial charge in [-0.3, -0.25) is 0 Å². The smallest absolute Gasteiger partial charge is 0.321 e. The summed E-state index contributed by atoms with van der Waals surface area (Å²) in [6.45, 7) is 7.54. The maximum absolute atomic E-state index is 12.7. The largest absolute Gasteiger partial charge is 0.339 e. The normalized spacial score (nSPS) is 17.1. The van der Waals surface area contributed by atoms with Gasteiger partial charge < -0.3 is 15.1 Å². The van der Waals surface area contributed by atoms with E-state index in [0.717, 1.165) is 30.6 Å². The lowest BCUT2D eigenvalue weighted by Gasteiger charge is -2.37. The van der Waals surface area contributed by atoms with E-state index in [2.05, 4.69) is 34.0 Å². The molecular formula is C20H27N5O. The molecule has 0 saturated carbocycles. The van der Waals surface area contributed by atoms with Crippen molar-refractivity contribution in [3.05, 3.63) is 47.3 Å². The van der Waals surface area contributed by atoms with E-state index in [1.54, 1.807) is 0 Å². The Labute approximate surface area is 155 Å². The number of hydrogen-bond donors (Lipinski definition) is 1. The summed E-state index contributed by atoms with van der Waals surface area (Å²) in [6, 6.07) is 6.18. The third kappa shape index (κ3) is 4.12. The van der Waals surface area contributed by atoms with Crippen molar-refractivity contribution in [2.45, 2.75) is 39.7 Å². The summed E-state index contributed by atoms with van der Waals surface area (Å²) < 4.78 is 0. The minimum Gasteiger partial charge on any atom is -0.339 e. The van der Waals surface area contributed by atoms with Crippen molar-refractivity contribution in [2.24, 2.45) is 0 Å². The molecule has 6 nitrogen and oxygen atoms in total. The predicted molar refractivity (Wildman–Crippen MR) is 105 cm³/mol. The van der Waals surface area contributed by atoms with Gasteiger partial charge in [0.2, 0.25) is 5.95 Å². The zero-order valence-electron chi connectivity index (χ0n) is 16.0. The number of carbonyl (C=O) groups excluding carboxylic acids is 1. The number of nitrogens with one attached hydrogen (secondary N) is 1. The summed E-state index contributed by atoms with van der Waals surface area (Å²) in [5.74, 6) is 0.706. The number of carbonyl (C=O) groups is 1. The van der Waals surface area contributed by atoms with E-state index in [9.17, 15) is 4.79 Å². The Balaban J connectivity index is 1.64. The van der Waals surface area contributed by atoms with Crippen LogP contribution in [-0.2, 0) is 0 Å². The Hall–Kier alpha value is -2.63. The zero-order chi connectivity index (χ0) is 18.7. The third-order valence-corrected chi connectivity index (χ3v) is 5.07. The highest BCUT2D eigenvalue weighted by atomic mass is 16.2. The monoisotopic (exact) mass is 353 g/mol. The highest BCUT2D eigenvalue weighted by molar-refractivity contribution is 5.89. The lowest BCUT2D eigenvalue weighted by Crippen LogP contribution is -2.50. The van der Waals surface area contributed by atoms with Crippen molar-refractivity contribution in [2.75, 3.05) is 30.4 Å². The number of benzene rings is 1. The van der Waals surface area contributed by atoms with E-state index in [0.29, 0.717) is 12.5 Å². The Morgan fingerprint density at radius 2 is 1.92 bits per heavy atom. The number of aromatic nitrogens is 2. The summed E-state index contributed by atoms with van der Waals surface area (Å²) in [5, 5.41) is 3.02. The molecule has 3 rings (SSSR count). The van der Waals surface area contributed by atoms with Gasteiger partial charge in [-0.05, 0) is 62.4 Å². The van der Waals surface area contributed by atoms with Crippen LogP contribution in [0.5, 0.6) is 0 Å². The number of nitrogens with zero attached hydrogens (tertiary/aromatic N) is 4. The molecule has 1 atom stereocenters. The zero-order valence-corrected chi connectivity index (χ0v) is 16.0. The van der Waals surface area contributed by atoms with Crippen LogP contribution >= 0.6 is 0 Å². The van der Waals surface area contributed by atoms with Crippen molar-refractivity contribution < 1.29 is 4.79 Å². The molecule has 0 bridgehead atoms. The highest BCUT2D eigenvalue weighted by Gasteiger charge is 2.27. The first-order valence-electron chi connectivity index (χ1n) is 9.08. The molecular weight excluding hydrogens is 326 g/mol. The average molecular weight is 353 g/mol. The molecule has 1 aromatic heterocycles. The van der Waals surface area contributed by atoms with Gasteiger partial charge in [-0.2, -0.15) is 0 Å². The van der Waals surface area contributed by atoms with Crippen molar-refractivity contribution in [3.63, 3.8) is 0 Å². The summed E-state index contributed by atoms with van der Waals surface area (Å²) in [4.78, 5) is 25.4. The quantitative estimate of drug-likeness (QED) is 0.917. The van der Waals surface area contributed by atoms with E-state index in [1.165, 1.54) is 11.1 Å². The standard InChI is InChI=1S/C20H27N5O/c1-14-11-21-19(22-12-14)24(4)18-6-5-9-25(13-18)20(26)23-17-8-7-15(2)16(3)10-17/h7-8,10-12,18H,5-6,9,13H2,1-4H3,(H,23,26). The average Bonchev–Trinajstić information content (AvgIpc) is 2.65. The third-order valence-electron chi connectivity index (χ3n) is 5.07. The SMILES string of the molecule is Cc1cnc(N(C)C2CCCN(C(=O)Nc3ccc(C)c(C)c3)C2)nc1. The molecule has 1 aliphatic rings. The van der Waals surface area contributed by atoms with Gasteiger partial charge in [-0.1, -0.05) is 6.07 Å². The van der Waals surface area contributed by atoms with Crippen LogP contribution in [0.15, 0.2) is 30.6 Å². The molecule has 0 spiro atoms. The number of likely N-dealkylation sites (tertiary alicyclic amines) is 1. The van der Waals surface area contributed by atoms with E-state index < -0.39 is 0 Å². The second-order valence-electron chi connectivity index (χ2n) is 7.14. The van der Waals surface area contributed by atoms with E-state index in [-0.39, 0.29) is 12.1 Å². The molecule has 6 heteroatoms. The second-order valence-corrected chi connectivity index (χ2v) is 7.14. The molecule has 0 aliphatic carbocycles. The fourth-order valence-corrected chi connectivity index (χ4v) is 3.21. The van der Waals surface area contributed by atoms with Crippen LogP contribution in [0.3, 0.4) is 0 Å². The van der Waals surface area contributed by atoms with Crippen LogP contribution in [0.25, 0.3) is 0 Å². The number of aryl methyl sites for hydroxylation is 3. The minimum absolute atomic E-state index is 0.0452. The van der Waals surface area contributed by atoms with E-state index >= 15 is 0 Å². The lowest BCUT2D eigenvalue weighted by molar-refractivity contribution is 0.192. The maximum Gasteiger partial charge on any atom is 0.321 e. The first kappa shape index (κ1) is 18.2. The summed E-state index contributed by atoms with van der Waals surface area (Å²) in [7, 11) is 2.00. The number of rotatable bonds is 3. The van der Waals surface area contributed by atoms with Crippen LogP contribution in [-0.4, -0.2) is 47.1 Å². The highest BCUT2D eigenvalue weighted by Crippen LogP contribution is 2.20. The summed E-state index contributed by atoms with van der Waals surface area (Å²) >= 11 is 0. The molecule has 1 aliphatic heterocycles. The number of amides is 2. The van der Waals surface area contributed by atoms with E-state index in [1.807, 2.05) is 49.5 Å². The number of likely N-dealkylation sites (N-methyl/N-ethyl adjacent to an activating group) is 1. The van der Waals surface area contributed by atoms with Gasteiger partial charge >= 0.3 is 6.03 Å². The van der Waals surface area contributed by atoms with Crippen molar-refractivity contribution >= 4 is 17.7 Å². The van der Waals surface area contributed by atoms with Gasteiger partial charge in [-0.25, -0.2) is 14.8 Å². The number of piperidine rings is 1. The van der Waals surface area contributed by atoms with Crippen LogP contribution < -0.4 is 10.2 Å². The van der Waals surface area contributed by atoms with Gasteiger partial charge in [0.05, 0.1) is 0 Å². The summed E-state index contributed by atoms with van der Waals surface area (Å²) in [5.41, 5.74) is 4.28. The molecule has 1 aromatic carbocycles. The topological polar surface area (TPSA) is 61.4 Å². The van der Waals surface area contributed by atoms with Gasteiger partial charge in [0.1, 0.15) is 0 Å². The van der Waals surface area contributed by atoms with Crippen molar-refractivity contribution in [3.8, 4) is 0 Å². The number of urea groups is 1. The fourth-order valence-electron chi connectivity index (χ4n) is 3.21. The molecule has 1 N–H and O–H groups in total. The second kappa shape index (κ2) is 7.72. The first-order chi connectivity index (χ1) is 12.4. The molecule has 26 heavy (non-hydrogen) atoms.